The maximum atomic E-state index is 12.8. The fourth-order valence-corrected chi connectivity index (χ4v) is 3.17. The molecule has 1 atom stereocenters. The Labute approximate surface area is 164 Å². The maximum Gasteiger partial charge on any atom is 0.227 e. The standard InChI is InChI=1S/C18H23ClN4O2.ClH/c1-12(2)18-21-16(25-22-18)6-7-17(24)23-9-8-20-11-15(23)13-4-3-5-14(19)10-13;/h3-5,10,12,15,20H,6-9,11H2,1-2H3;1H. The fraction of sp³-hybridized carbons (Fsp3) is 0.500. The van der Waals surface area contributed by atoms with Crippen molar-refractivity contribution >= 4 is 29.9 Å². The van der Waals surface area contributed by atoms with Crippen molar-refractivity contribution in [3.63, 3.8) is 0 Å². The quantitative estimate of drug-likeness (QED) is 0.835. The van der Waals surface area contributed by atoms with E-state index in [0.29, 0.717) is 36.1 Å². The molecule has 1 amide bonds. The second-order valence-corrected chi connectivity index (χ2v) is 7.00. The molecule has 0 bridgehead atoms. The number of amides is 1. The lowest BCUT2D eigenvalue weighted by Crippen LogP contribution is -2.48. The second kappa shape index (κ2) is 9.35. The lowest BCUT2D eigenvalue weighted by atomic mass is 10.0. The van der Waals surface area contributed by atoms with Gasteiger partial charge in [-0.2, -0.15) is 4.98 Å². The van der Waals surface area contributed by atoms with Gasteiger partial charge >= 0.3 is 0 Å². The molecule has 0 saturated carbocycles. The molecule has 142 valence electrons. The topological polar surface area (TPSA) is 71.3 Å². The Bertz CT molecular complexity index is 735. The van der Waals surface area contributed by atoms with Gasteiger partial charge in [0.05, 0.1) is 6.04 Å². The number of nitrogens with zero attached hydrogens (tertiary/aromatic N) is 3. The molecule has 1 aromatic heterocycles. The van der Waals surface area contributed by atoms with Crippen LogP contribution in [0.3, 0.4) is 0 Å². The van der Waals surface area contributed by atoms with E-state index in [1.807, 2.05) is 43.0 Å². The van der Waals surface area contributed by atoms with Crippen LogP contribution in [0, 0.1) is 0 Å². The highest BCUT2D eigenvalue weighted by molar-refractivity contribution is 6.30. The van der Waals surface area contributed by atoms with Gasteiger partial charge in [-0.3, -0.25) is 4.79 Å². The number of halogens is 2. The molecule has 26 heavy (non-hydrogen) atoms. The number of carbonyl (C=O) groups excluding carboxylic acids is 1. The molecule has 0 spiro atoms. The van der Waals surface area contributed by atoms with Crippen LogP contribution < -0.4 is 5.32 Å². The number of nitrogens with one attached hydrogen (secondary N) is 1. The highest BCUT2D eigenvalue weighted by Gasteiger charge is 2.28. The predicted octanol–water partition coefficient (Wildman–Crippen LogP) is 3.37. The highest BCUT2D eigenvalue weighted by Crippen LogP contribution is 2.25. The highest BCUT2D eigenvalue weighted by atomic mass is 35.5. The van der Waals surface area contributed by atoms with Gasteiger partial charge in [-0.25, -0.2) is 0 Å². The monoisotopic (exact) mass is 398 g/mol. The van der Waals surface area contributed by atoms with E-state index >= 15 is 0 Å². The van der Waals surface area contributed by atoms with Crippen molar-refractivity contribution in [2.75, 3.05) is 19.6 Å². The molecule has 3 rings (SSSR count). The Kier molecular flexibility index (Phi) is 7.43. The van der Waals surface area contributed by atoms with Gasteiger partial charge in [-0.1, -0.05) is 42.7 Å². The van der Waals surface area contributed by atoms with Crippen molar-refractivity contribution in [3.8, 4) is 0 Å². The summed E-state index contributed by atoms with van der Waals surface area (Å²) in [7, 11) is 0. The van der Waals surface area contributed by atoms with Gasteiger partial charge in [0.2, 0.25) is 11.8 Å². The SMILES string of the molecule is CC(C)c1noc(CCC(=O)N2CCNCC2c2cccc(Cl)c2)n1.Cl. The van der Waals surface area contributed by atoms with E-state index in [2.05, 4.69) is 15.5 Å². The Hall–Kier alpha value is -1.63. The maximum absolute atomic E-state index is 12.8. The fourth-order valence-electron chi connectivity index (χ4n) is 2.98. The number of benzene rings is 1. The summed E-state index contributed by atoms with van der Waals surface area (Å²) in [5, 5.41) is 7.98. The van der Waals surface area contributed by atoms with E-state index in [0.717, 1.165) is 18.7 Å². The zero-order chi connectivity index (χ0) is 17.8. The molecule has 1 unspecified atom stereocenters. The lowest BCUT2D eigenvalue weighted by molar-refractivity contribution is -0.134. The Balaban J connectivity index is 0.00000243. The van der Waals surface area contributed by atoms with Gasteiger partial charge in [-0.15, -0.1) is 12.4 Å². The molecule has 2 aromatic rings. The van der Waals surface area contributed by atoms with E-state index in [4.69, 9.17) is 16.1 Å². The van der Waals surface area contributed by atoms with Crippen LogP contribution in [0.1, 0.15) is 49.5 Å². The molecular weight excluding hydrogens is 375 g/mol. The average Bonchev–Trinajstić information content (AvgIpc) is 3.09. The number of carbonyl (C=O) groups is 1. The predicted molar refractivity (Wildman–Crippen MR) is 103 cm³/mol. The molecule has 6 nitrogen and oxygen atoms in total. The minimum Gasteiger partial charge on any atom is -0.339 e. The molecule has 1 aliphatic heterocycles. The van der Waals surface area contributed by atoms with Crippen molar-refractivity contribution in [2.45, 2.75) is 38.6 Å². The first-order chi connectivity index (χ1) is 12.0. The number of aromatic nitrogens is 2. The normalized spacial score (nSPS) is 17.2. The first kappa shape index (κ1) is 20.7. The number of hydrogen-bond acceptors (Lipinski definition) is 5. The number of hydrogen-bond donors (Lipinski definition) is 1. The number of aryl methyl sites for hydroxylation is 1. The van der Waals surface area contributed by atoms with Gasteiger partial charge in [0.15, 0.2) is 5.82 Å². The summed E-state index contributed by atoms with van der Waals surface area (Å²) in [6.45, 7) is 6.22. The van der Waals surface area contributed by atoms with Crippen molar-refractivity contribution in [3.05, 3.63) is 46.6 Å². The van der Waals surface area contributed by atoms with E-state index in [1.165, 1.54) is 0 Å². The van der Waals surface area contributed by atoms with Crippen LogP contribution in [0.5, 0.6) is 0 Å². The van der Waals surface area contributed by atoms with Gasteiger partial charge in [0, 0.05) is 43.4 Å². The minimum absolute atomic E-state index is 0. The van der Waals surface area contributed by atoms with E-state index in [1.54, 1.807) is 0 Å². The van der Waals surface area contributed by atoms with Crippen LogP contribution in [-0.4, -0.2) is 40.6 Å². The van der Waals surface area contributed by atoms with E-state index < -0.39 is 0 Å². The van der Waals surface area contributed by atoms with Gasteiger partial charge in [0.1, 0.15) is 0 Å². The van der Waals surface area contributed by atoms with Gasteiger partial charge in [0.25, 0.3) is 0 Å². The molecule has 8 heteroatoms. The van der Waals surface area contributed by atoms with Crippen molar-refractivity contribution in [2.24, 2.45) is 0 Å². The van der Waals surface area contributed by atoms with Crippen molar-refractivity contribution in [1.82, 2.24) is 20.4 Å². The number of piperazine rings is 1. The Morgan fingerprint density at radius 1 is 1.46 bits per heavy atom. The molecule has 1 aromatic carbocycles. The van der Waals surface area contributed by atoms with Crippen molar-refractivity contribution in [1.29, 1.82) is 0 Å². The van der Waals surface area contributed by atoms with Crippen LogP contribution in [0.15, 0.2) is 28.8 Å². The first-order valence-electron chi connectivity index (χ1n) is 8.62. The molecule has 1 fully saturated rings. The third-order valence-corrected chi connectivity index (χ3v) is 4.59. The molecule has 1 saturated heterocycles. The summed E-state index contributed by atoms with van der Waals surface area (Å²) in [4.78, 5) is 19.0. The van der Waals surface area contributed by atoms with Crippen LogP contribution in [0.4, 0.5) is 0 Å². The molecule has 0 radical (unpaired) electrons. The summed E-state index contributed by atoms with van der Waals surface area (Å²) in [5.41, 5.74) is 1.05. The third-order valence-electron chi connectivity index (χ3n) is 4.35. The Morgan fingerprint density at radius 3 is 2.96 bits per heavy atom. The lowest BCUT2D eigenvalue weighted by Gasteiger charge is -2.36. The van der Waals surface area contributed by atoms with E-state index in [9.17, 15) is 4.79 Å². The average molecular weight is 399 g/mol. The summed E-state index contributed by atoms with van der Waals surface area (Å²) in [6.07, 6.45) is 0.821. The minimum atomic E-state index is -0.00568. The molecule has 1 N–H and O–H groups in total. The first-order valence-corrected chi connectivity index (χ1v) is 9.00. The smallest absolute Gasteiger partial charge is 0.227 e. The zero-order valence-corrected chi connectivity index (χ0v) is 16.5. The van der Waals surface area contributed by atoms with Gasteiger partial charge < -0.3 is 14.7 Å². The summed E-state index contributed by atoms with van der Waals surface area (Å²) in [6, 6.07) is 7.69. The van der Waals surface area contributed by atoms with Crippen LogP contribution in [0.25, 0.3) is 0 Å². The van der Waals surface area contributed by atoms with Crippen molar-refractivity contribution < 1.29 is 9.32 Å². The molecule has 0 aliphatic carbocycles. The van der Waals surface area contributed by atoms with Crippen LogP contribution in [-0.2, 0) is 11.2 Å². The number of rotatable bonds is 5. The summed E-state index contributed by atoms with van der Waals surface area (Å²) >= 11 is 6.11. The molecule has 2 heterocycles. The second-order valence-electron chi connectivity index (χ2n) is 6.56. The van der Waals surface area contributed by atoms with Gasteiger partial charge in [-0.05, 0) is 17.7 Å². The zero-order valence-electron chi connectivity index (χ0n) is 14.9. The summed E-state index contributed by atoms with van der Waals surface area (Å²) in [5.74, 6) is 1.51. The van der Waals surface area contributed by atoms with E-state index in [-0.39, 0.29) is 30.3 Å². The molecular formula is C18H24Cl2N4O2. The largest absolute Gasteiger partial charge is 0.339 e. The summed E-state index contributed by atoms with van der Waals surface area (Å²) < 4.78 is 5.23. The Morgan fingerprint density at radius 2 is 2.27 bits per heavy atom. The van der Waals surface area contributed by atoms with Crippen LogP contribution in [0.2, 0.25) is 5.02 Å². The van der Waals surface area contributed by atoms with Crippen LogP contribution >= 0.6 is 24.0 Å². The molecule has 1 aliphatic rings. The third kappa shape index (κ3) is 4.96.